The summed E-state index contributed by atoms with van der Waals surface area (Å²) >= 11 is 6.06. The smallest absolute Gasteiger partial charge is 0.339 e. The second-order valence-corrected chi connectivity index (χ2v) is 3.80. The number of aryl methyl sites for hydroxylation is 1. The first kappa shape index (κ1) is 10.7. The minimum absolute atomic E-state index is 0.121. The van der Waals surface area contributed by atoms with Crippen LogP contribution in [0.4, 0.5) is 0 Å². The average Bonchev–Trinajstić information content (AvgIpc) is 2.66. The summed E-state index contributed by atoms with van der Waals surface area (Å²) in [4.78, 5) is 11.0. The molecule has 82 valence electrons. The molecule has 2 N–H and O–H groups in total. The van der Waals surface area contributed by atoms with Crippen LogP contribution in [0, 0.1) is 6.92 Å². The van der Waals surface area contributed by atoms with Gasteiger partial charge in [-0.25, -0.2) is 4.79 Å². The fraction of sp³-hybridized carbons (Fsp3) is 0.0909. The number of carboxylic acid groups (broad SMARTS) is 1. The Morgan fingerprint density at radius 3 is 2.88 bits per heavy atom. The van der Waals surface area contributed by atoms with Crippen molar-refractivity contribution in [1.29, 1.82) is 0 Å². The van der Waals surface area contributed by atoms with E-state index in [0.717, 1.165) is 5.56 Å². The molecule has 0 aliphatic heterocycles. The summed E-state index contributed by atoms with van der Waals surface area (Å²) in [5.41, 5.74) is 2.14. The van der Waals surface area contributed by atoms with Crippen molar-refractivity contribution in [3.63, 3.8) is 0 Å². The third-order valence-electron chi connectivity index (χ3n) is 2.34. The first-order chi connectivity index (χ1) is 7.61. The van der Waals surface area contributed by atoms with E-state index in [4.69, 9.17) is 16.7 Å². The van der Waals surface area contributed by atoms with Gasteiger partial charge in [0, 0.05) is 5.56 Å². The number of carbonyl (C=O) groups is 1. The lowest BCUT2D eigenvalue weighted by molar-refractivity contribution is 0.0698. The van der Waals surface area contributed by atoms with Crippen molar-refractivity contribution < 1.29 is 9.90 Å². The second kappa shape index (κ2) is 3.98. The maximum Gasteiger partial charge on any atom is 0.339 e. The maximum absolute atomic E-state index is 11.0. The molecule has 5 heteroatoms. The van der Waals surface area contributed by atoms with E-state index in [-0.39, 0.29) is 5.56 Å². The van der Waals surface area contributed by atoms with Crippen LogP contribution in [-0.2, 0) is 0 Å². The molecule has 0 radical (unpaired) electrons. The highest BCUT2D eigenvalue weighted by Crippen LogP contribution is 2.31. The molecule has 0 amide bonds. The Morgan fingerprint density at radius 2 is 2.25 bits per heavy atom. The van der Waals surface area contributed by atoms with Gasteiger partial charge in [0.25, 0.3) is 0 Å². The third-order valence-corrected chi connectivity index (χ3v) is 2.66. The number of carboxylic acids is 1. The van der Waals surface area contributed by atoms with Crippen LogP contribution < -0.4 is 0 Å². The Hall–Kier alpha value is -1.81. The summed E-state index contributed by atoms with van der Waals surface area (Å²) in [6, 6.07) is 5.40. The Kier molecular flexibility index (Phi) is 2.66. The topological polar surface area (TPSA) is 66.0 Å². The molecule has 0 bridgehead atoms. The van der Waals surface area contributed by atoms with Gasteiger partial charge in [0.15, 0.2) is 0 Å². The monoisotopic (exact) mass is 236 g/mol. The molecule has 1 aromatic heterocycles. The number of rotatable bonds is 2. The van der Waals surface area contributed by atoms with Crippen molar-refractivity contribution in [2.75, 3.05) is 0 Å². The Balaban J connectivity index is 2.68. The predicted molar refractivity (Wildman–Crippen MR) is 60.7 cm³/mol. The molecule has 0 aliphatic rings. The van der Waals surface area contributed by atoms with Gasteiger partial charge >= 0.3 is 5.97 Å². The van der Waals surface area contributed by atoms with E-state index >= 15 is 0 Å². The summed E-state index contributed by atoms with van der Waals surface area (Å²) in [6.07, 6.45) is 1.28. The molecule has 0 unspecified atom stereocenters. The fourth-order valence-electron chi connectivity index (χ4n) is 1.59. The average molecular weight is 237 g/mol. The first-order valence-corrected chi connectivity index (χ1v) is 5.01. The van der Waals surface area contributed by atoms with Crippen molar-refractivity contribution in [3.8, 4) is 11.3 Å². The van der Waals surface area contributed by atoms with E-state index in [1.165, 1.54) is 6.20 Å². The van der Waals surface area contributed by atoms with E-state index < -0.39 is 5.97 Å². The van der Waals surface area contributed by atoms with Crippen LogP contribution in [0.25, 0.3) is 11.3 Å². The zero-order valence-electron chi connectivity index (χ0n) is 8.49. The third kappa shape index (κ3) is 1.67. The van der Waals surface area contributed by atoms with Gasteiger partial charge in [-0.05, 0) is 18.6 Å². The summed E-state index contributed by atoms with van der Waals surface area (Å²) in [5.74, 6) is -1.02. The molecule has 0 spiro atoms. The second-order valence-electron chi connectivity index (χ2n) is 3.40. The van der Waals surface area contributed by atoms with Crippen LogP contribution in [0.15, 0.2) is 24.4 Å². The van der Waals surface area contributed by atoms with Gasteiger partial charge in [-0.3, -0.25) is 5.10 Å². The number of aromatic carboxylic acids is 1. The van der Waals surface area contributed by atoms with Gasteiger partial charge in [-0.2, -0.15) is 5.10 Å². The normalized spacial score (nSPS) is 10.4. The molecule has 0 aliphatic carbocycles. The molecule has 1 aromatic carbocycles. The number of nitrogens with zero attached hydrogens (tertiary/aromatic N) is 1. The standard InChI is InChI=1S/C11H9ClN2O2/c1-6-3-2-4-8(12)9(6)10-7(11(15)16)5-13-14-10/h2-5H,1H3,(H,13,14)(H,15,16). The van der Waals surface area contributed by atoms with Crippen molar-refractivity contribution in [1.82, 2.24) is 10.2 Å². The van der Waals surface area contributed by atoms with E-state index in [1.807, 2.05) is 19.1 Å². The number of hydrogen-bond acceptors (Lipinski definition) is 2. The fourth-order valence-corrected chi connectivity index (χ4v) is 1.90. The molecule has 0 saturated carbocycles. The number of aromatic nitrogens is 2. The van der Waals surface area contributed by atoms with Crippen LogP contribution in [0.3, 0.4) is 0 Å². The molecule has 1 heterocycles. The van der Waals surface area contributed by atoms with Gasteiger partial charge in [-0.1, -0.05) is 23.7 Å². The van der Waals surface area contributed by atoms with Crippen LogP contribution >= 0.6 is 11.6 Å². The van der Waals surface area contributed by atoms with E-state index in [9.17, 15) is 4.79 Å². The number of hydrogen-bond donors (Lipinski definition) is 2. The Labute approximate surface area is 96.9 Å². The van der Waals surface area contributed by atoms with E-state index in [0.29, 0.717) is 16.3 Å². The number of benzene rings is 1. The number of nitrogens with one attached hydrogen (secondary N) is 1. The summed E-state index contributed by atoms with van der Waals surface area (Å²) in [6.45, 7) is 1.87. The minimum Gasteiger partial charge on any atom is -0.478 e. The van der Waals surface area contributed by atoms with Crippen LogP contribution in [0.5, 0.6) is 0 Å². The Bertz CT molecular complexity index is 528. The molecule has 4 nitrogen and oxygen atoms in total. The minimum atomic E-state index is -1.02. The Morgan fingerprint density at radius 1 is 1.50 bits per heavy atom. The lowest BCUT2D eigenvalue weighted by Crippen LogP contribution is -1.98. The molecular formula is C11H9ClN2O2. The highest BCUT2D eigenvalue weighted by molar-refractivity contribution is 6.33. The van der Waals surface area contributed by atoms with Crippen LogP contribution in [-0.4, -0.2) is 21.3 Å². The molecule has 16 heavy (non-hydrogen) atoms. The first-order valence-electron chi connectivity index (χ1n) is 4.63. The highest BCUT2D eigenvalue weighted by atomic mass is 35.5. The highest BCUT2D eigenvalue weighted by Gasteiger charge is 2.17. The van der Waals surface area contributed by atoms with Gasteiger partial charge < -0.3 is 5.11 Å². The lowest BCUT2D eigenvalue weighted by Gasteiger charge is -2.06. The molecule has 2 rings (SSSR count). The molecule has 2 aromatic rings. The van der Waals surface area contributed by atoms with E-state index in [2.05, 4.69) is 10.2 Å². The maximum atomic E-state index is 11.0. The zero-order chi connectivity index (χ0) is 11.7. The predicted octanol–water partition coefficient (Wildman–Crippen LogP) is 2.74. The SMILES string of the molecule is Cc1cccc(Cl)c1-c1[nH]ncc1C(=O)O. The van der Waals surface area contributed by atoms with Crippen molar-refractivity contribution in [3.05, 3.63) is 40.5 Å². The van der Waals surface area contributed by atoms with Crippen molar-refractivity contribution >= 4 is 17.6 Å². The number of H-pyrrole nitrogens is 1. The number of aromatic amines is 1. The molecule has 0 atom stereocenters. The lowest BCUT2D eigenvalue weighted by atomic mass is 10.0. The van der Waals surface area contributed by atoms with Crippen LogP contribution in [0.2, 0.25) is 5.02 Å². The van der Waals surface area contributed by atoms with Crippen molar-refractivity contribution in [2.45, 2.75) is 6.92 Å². The molecular weight excluding hydrogens is 228 g/mol. The van der Waals surface area contributed by atoms with Crippen LogP contribution in [0.1, 0.15) is 15.9 Å². The molecule has 0 saturated heterocycles. The number of halogens is 1. The molecule has 0 fully saturated rings. The summed E-state index contributed by atoms with van der Waals surface area (Å²) in [7, 11) is 0. The quantitative estimate of drug-likeness (QED) is 0.843. The van der Waals surface area contributed by atoms with E-state index in [1.54, 1.807) is 6.07 Å². The van der Waals surface area contributed by atoms with Gasteiger partial charge in [-0.15, -0.1) is 0 Å². The summed E-state index contributed by atoms with van der Waals surface area (Å²) < 4.78 is 0. The van der Waals surface area contributed by atoms with Gasteiger partial charge in [0.1, 0.15) is 5.56 Å². The zero-order valence-corrected chi connectivity index (χ0v) is 9.25. The summed E-state index contributed by atoms with van der Waals surface area (Å²) in [5, 5.41) is 15.9. The van der Waals surface area contributed by atoms with Crippen molar-refractivity contribution in [2.24, 2.45) is 0 Å². The van der Waals surface area contributed by atoms with Gasteiger partial charge in [0.05, 0.1) is 16.9 Å². The van der Waals surface area contributed by atoms with Gasteiger partial charge in [0.2, 0.25) is 0 Å². The largest absolute Gasteiger partial charge is 0.478 e.